The average molecular weight is 220 g/mol. The Balaban J connectivity index is 2.68. The van der Waals surface area contributed by atoms with Crippen LogP contribution in [0.15, 0.2) is 12.4 Å². The molecule has 0 radical (unpaired) electrons. The number of nitrogens with zero attached hydrogens (tertiary/aromatic N) is 3. The lowest BCUT2D eigenvalue weighted by atomic mass is 10.2. The van der Waals surface area contributed by atoms with Crippen LogP contribution in [-0.2, 0) is 4.79 Å². The van der Waals surface area contributed by atoms with E-state index in [0.717, 1.165) is 0 Å². The molecular weight excluding hydrogens is 204 g/mol. The van der Waals surface area contributed by atoms with Crippen LogP contribution in [0.4, 0.5) is 0 Å². The summed E-state index contributed by atoms with van der Waals surface area (Å²) in [6.07, 6.45) is 3.16. The molecule has 1 atom stereocenters. The van der Waals surface area contributed by atoms with Gasteiger partial charge in [0.25, 0.3) is 0 Å². The quantitative estimate of drug-likeness (QED) is 0.825. The van der Waals surface area contributed by atoms with Crippen molar-refractivity contribution in [3.8, 4) is 6.07 Å². The minimum Gasteiger partial charge on any atom is -0.354 e. The van der Waals surface area contributed by atoms with E-state index in [0.29, 0.717) is 12.5 Å². The summed E-state index contributed by atoms with van der Waals surface area (Å²) in [5.74, 6) is 0.574. The molecule has 1 heterocycles. The zero-order valence-corrected chi connectivity index (χ0v) is 9.77. The lowest BCUT2D eigenvalue weighted by Gasteiger charge is -2.15. The van der Waals surface area contributed by atoms with Gasteiger partial charge >= 0.3 is 0 Å². The number of carbonyl (C=O) groups excluding carboxylic acids is 1. The molecular formula is C11H16N4O. The van der Waals surface area contributed by atoms with Crippen molar-refractivity contribution in [3.05, 3.63) is 18.2 Å². The van der Waals surface area contributed by atoms with E-state index in [1.54, 1.807) is 17.7 Å². The minimum atomic E-state index is -0.407. The van der Waals surface area contributed by atoms with Crippen molar-refractivity contribution in [2.45, 2.75) is 26.8 Å². The van der Waals surface area contributed by atoms with E-state index in [-0.39, 0.29) is 11.7 Å². The molecule has 1 rings (SSSR count). The van der Waals surface area contributed by atoms with Crippen LogP contribution in [0.2, 0.25) is 0 Å². The molecule has 0 saturated carbocycles. The Bertz CT molecular complexity index is 402. The SMILES string of the molecule is CC(C)CNC(=O)C(C)n1ccnc1C#N. The third-order valence-electron chi connectivity index (χ3n) is 2.25. The lowest BCUT2D eigenvalue weighted by Crippen LogP contribution is -2.33. The van der Waals surface area contributed by atoms with Crippen molar-refractivity contribution in [1.82, 2.24) is 14.9 Å². The maximum absolute atomic E-state index is 11.7. The highest BCUT2D eigenvalue weighted by Gasteiger charge is 2.17. The molecule has 1 amide bonds. The number of aromatic nitrogens is 2. The Kier molecular flexibility index (Phi) is 4.06. The van der Waals surface area contributed by atoms with Gasteiger partial charge in [0.15, 0.2) is 0 Å². The van der Waals surface area contributed by atoms with Gasteiger partial charge in [0.2, 0.25) is 11.7 Å². The van der Waals surface area contributed by atoms with Gasteiger partial charge in [0, 0.05) is 18.9 Å². The molecule has 0 spiro atoms. The van der Waals surface area contributed by atoms with Gasteiger partial charge in [0.1, 0.15) is 12.1 Å². The molecule has 0 aliphatic carbocycles. The maximum Gasteiger partial charge on any atom is 0.242 e. The highest BCUT2D eigenvalue weighted by Crippen LogP contribution is 2.08. The molecule has 0 aliphatic heterocycles. The van der Waals surface area contributed by atoms with Crippen molar-refractivity contribution in [3.63, 3.8) is 0 Å². The summed E-state index contributed by atoms with van der Waals surface area (Å²) in [7, 11) is 0. The second-order valence-electron chi connectivity index (χ2n) is 4.08. The first-order chi connectivity index (χ1) is 7.56. The van der Waals surface area contributed by atoms with Crippen molar-refractivity contribution >= 4 is 5.91 Å². The highest BCUT2D eigenvalue weighted by atomic mass is 16.2. The fraction of sp³-hybridized carbons (Fsp3) is 0.545. The topological polar surface area (TPSA) is 70.7 Å². The van der Waals surface area contributed by atoms with Crippen LogP contribution >= 0.6 is 0 Å². The predicted molar refractivity (Wildman–Crippen MR) is 59.5 cm³/mol. The smallest absolute Gasteiger partial charge is 0.242 e. The van der Waals surface area contributed by atoms with Crippen LogP contribution < -0.4 is 5.32 Å². The molecule has 0 fully saturated rings. The number of imidazole rings is 1. The Labute approximate surface area is 95.1 Å². The first kappa shape index (κ1) is 12.2. The van der Waals surface area contributed by atoms with Gasteiger partial charge in [-0.25, -0.2) is 4.98 Å². The van der Waals surface area contributed by atoms with Crippen molar-refractivity contribution in [2.24, 2.45) is 5.92 Å². The normalized spacial score (nSPS) is 12.2. The Morgan fingerprint density at radius 1 is 1.62 bits per heavy atom. The summed E-state index contributed by atoms with van der Waals surface area (Å²) in [6.45, 7) is 6.45. The molecule has 0 bridgehead atoms. The van der Waals surface area contributed by atoms with Crippen LogP contribution in [-0.4, -0.2) is 22.0 Å². The first-order valence-electron chi connectivity index (χ1n) is 5.27. The molecule has 1 aromatic rings. The molecule has 0 aliphatic rings. The van der Waals surface area contributed by atoms with Crippen LogP contribution in [0.3, 0.4) is 0 Å². The van der Waals surface area contributed by atoms with Gasteiger partial charge < -0.3 is 9.88 Å². The summed E-state index contributed by atoms with van der Waals surface area (Å²) in [5.41, 5.74) is 0. The highest BCUT2D eigenvalue weighted by molar-refractivity contribution is 5.80. The fourth-order valence-electron chi connectivity index (χ4n) is 1.29. The van der Waals surface area contributed by atoms with E-state index >= 15 is 0 Å². The van der Waals surface area contributed by atoms with Crippen molar-refractivity contribution < 1.29 is 4.79 Å². The molecule has 1 unspecified atom stereocenters. The number of nitrogens with one attached hydrogen (secondary N) is 1. The van der Waals surface area contributed by atoms with Crippen LogP contribution in [0, 0.1) is 17.2 Å². The number of carbonyl (C=O) groups is 1. The van der Waals surface area contributed by atoms with Gasteiger partial charge in [-0.3, -0.25) is 4.79 Å². The number of nitriles is 1. The summed E-state index contributed by atoms with van der Waals surface area (Å²) in [6, 6.07) is 1.54. The van der Waals surface area contributed by atoms with E-state index < -0.39 is 6.04 Å². The van der Waals surface area contributed by atoms with Crippen LogP contribution in [0.1, 0.15) is 32.6 Å². The van der Waals surface area contributed by atoms with Gasteiger partial charge in [0.05, 0.1) is 0 Å². The van der Waals surface area contributed by atoms with Crippen LogP contribution in [0.5, 0.6) is 0 Å². The molecule has 86 valence electrons. The van der Waals surface area contributed by atoms with E-state index in [9.17, 15) is 4.79 Å². The number of hydrogen-bond acceptors (Lipinski definition) is 3. The standard InChI is InChI=1S/C11H16N4O/c1-8(2)7-14-11(16)9(3)15-5-4-13-10(15)6-12/h4-5,8-9H,7H2,1-3H3,(H,14,16). The zero-order valence-electron chi connectivity index (χ0n) is 9.77. The van der Waals surface area contributed by atoms with E-state index in [1.165, 1.54) is 6.20 Å². The fourth-order valence-corrected chi connectivity index (χ4v) is 1.29. The van der Waals surface area contributed by atoms with Gasteiger partial charge in [-0.15, -0.1) is 0 Å². The lowest BCUT2D eigenvalue weighted by molar-refractivity contribution is -0.124. The van der Waals surface area contributed by atoms with E-state index in [4.69, 9.17) is 5.26 Å². The molecule has 1 N–H and O–H groups in total. The van der Waals surface area contributed by atoms with Gasteiger partial charge in [-0.05, 0) is 12.8 Å². The molecule has 5 heteroatoms. The minimum absolute atomic E-state index is 0.0943. The Morgan fingerprint density at radius 3 is 2.88 bits per heavy atom. The number of hydrogen-bond donors (Lipinski definition) is 1. The third-order valence-corrected chi connectivity index (χ3v) is 2.25. The summed E-state index contributed by atoms with van der Waals surface area (Å²) in [4.78, 5) is 15.6. The molecule has 1 aromatic heterocycles. The van der Waals surface area contributed by atoms with Crippen molar-refractivity contribution in [2.75, 3.05) is 6.54 Å². The second kappa shape index (κ2) is 5.31. The molecule has 0 saturated heterocycles. The summed E-state index contributed by atoms with van der Waals surface area (Å²) >= 11 is 0. The Morgan fingerprint density at radius 2 is 2.31 bits per heavy atom. The number of amides is 1. The summed E-state index contributed by atoms with van der Waals surface area (Å²) in [5, 5.41) is 11.6. The first-order valence-corrected chi connectivity index (χ1v) is 5.27. The summed E-state index contributed by atoms with van der Waals surface area (Å²) < 4.78 is 1.57. The number of rotatable bonds is 4. The van der Waals surface area contributed by atoms with Crippen molar-refractivity contribution in [1.29, 1.82) is 5.26 Å². The Hall–Kier alpha value is -1.83. The predicted octanol–water partition coefficient (Wildman–Crippen LogP) is 1.09. The second-order valence-corrected chi connectivity index (χ2v) is 4.08. The monoisotopic (exact) mass is 220 g/mol. The zero-order chi connectivity index (χ0) is 12.1. The van der Waals surface area contributed by atoms with E-state index in [1.807, 2.05) is 19.9 Å². The molecule has 16 heavy (non-hydrogen) atoms. The molecule has 0 aromatic carbocycles. The maximum atomic E-state index is 11.7. The van der Waals surface area contributed by atoms with E-state index in [2.05, 4.69) is 10.3 Å². The molecule has 5 nitrogen and oxygen atoms in total. The van der Waals surface area contributed by atoms with Crippen LogP contribution in [0.25, 0.3) is 0 Å². The van der Waals surface area contributed by atoms with Gasteiger partial charge in [-0.1, -0.05) is 13.8 Å². The average Bonchev–Trinajstić information content (AvgIpc) is 2.72. The largest absolute Gasteiger partial charge is 0.354 e. The third kappa shape index (κ3) is 2.83. The van der Waals surface area contributed by atoms with Gasteiger partial charge in [-0.2, -0.15) is 5.26 Å².